The molecule has 0 bridgehead atoms. The molecule has 0 amide bonds. The fourth-order valence-corrected chi connectivity index (χ4v) is 2.53. The van der Waals surface area contributed by atoms with E-state index in [1.54, 1.807) is 7.11 Å². The van der Waals surface area contributed by atoms with Crippen LogP contribution in [-0.4, -0.2) is 18.2 Å². The number of halogens is 1. The Bertz CT molecular complexity index is 424. The highest BCUT2D eigenvalue weighted by Gasteiger charge is 2.47. The van der Waals surface area contributed by atoms with E-state index in [1.807, 2.05) is 18.2 Å². The van der Waals surface area contributed by atoms with Crippen LogP contribution in [0.1, 0.15) is 24.8 Å². The van der Waals surface area contributed by atoms with E-state index >= 15 is 0 Å². The molecule has 2 rings (SSSR count). The number of ether oxygens (including phenoxy) is 1. The highest BCUT2D eigenvalue weighted by molar-refractivity contribution is 9.10. The standard InChI is InChI=1S/C12H13BrO3/c1-16-10-7-8(13)3-4-9(10)12(11(14)15)5-2-6-12/h3-4,7H,2,5-6H2,1H3,(H,14,15). The molecule has 1 aromatic carbocycles. The van der Waals surface area contributed by atoms with Crippen molar-refractivity contribution in [1.82, 2.24) is 0 Å². The summed E-state index contributed by atoms with van der Waals surface area (Å²) in [6.45, 7) is 0. The van der Waals surface area contributed by atoms with Gasteiger partial charge in [-0.05, 0) is 25.0 Å². The molecule has 1 aliphatic rings. The molecule has 16 heavy (non-hydrogen) atoms. The van der Waals surface area contributed by atoms with Crippen LogP contribution < -0.4 is 4.74 Å². The first-order valence-electron chi connectivity index (χ1n) is 5.17. The molecule has 1 aromatic rings. The molecule has 1 fully saturated rings. The van der Waals surface area contributed by atoms with E-state index in [4.69, 9.17) is 4.74 Å². The maximum Gasteiger partial charge on any atom is 0.314 e. The van der Waals surface area contributed by atoms with Gasteiger partial charge in [0, 0.05) is 10.0 Å². The number of rotatable bonds is 3. The number of benzene rings is 1. The molecule has 0 aliphatic heterocycles. The monoisotopic (exact) mass is 284 g/mol. The third-order valence-electron chi connectivity index (χ3n) is 3.30. The normalized spacial score (nSPS) is 17.6. The van der Waals surface area contributed by atoms with Crippen molar-refractivity contribution in [2.75, 3.05) is 7.11 Å². The van der Waals surface area contributed by atoms with E-state index in [-0.39, 0.29) is 0 Å². The molecule has 0 spiro atoms. The highest BCUT2D eigenvalue weighted by Crippen LogP contribution is 2.47. The van der Waals surface area contributed by atoms with Gasteiger partial charge < -0.3 is 9.84 Å². The largest absolute Gasteiger partial charge is 0.496 e. The number of carboxylic acids is 1. The van der Waals surface area contributed by atoms with Gasteiger partial charge in [-0.25, -0.2) is 0 Å². The van der Waals surface area contributed by atoms with Crippen LogP contribution in [0.15, 0.2) is 22.7 Å². The Kier molecular flexibility index (Phi) is 2.93. The minimum atomic E-state index is -0.751. The molecule has 0 atom stereocenters. The van der Waals surface area contributed by atoms with Crippen molar-refractivity contribution in [3.8, 4) is 5.75 Å². The van der Waals surface area contributed by atoms with Crippen LogP contribution in [0.2, 0.25) is 0 Å². The third kappa shape index (κ3) is 1.61. The summed E-state index contributed by atoms with van der Waals surface area (Å²) < 4.78 is 6.16. The van der Waals surface area contributed by atoms with E-state index in [9.17, 15) is 9.90 Å². The Balaban J connectivity index is 2.50. The lowest BCUT2D eigenvalue weighted by Crippen LogP contribution is -2.42. The zero-order valence-corrected chi connectivity index (χ0v) is 10.6. The van der Waals surface area contributed by atoms with E-state index in [0.29, 0.717) is 18.6 Å². The van der Waals surface area contributed by atoms with Gasteiger partial charge in [-0.2, -0.15) is 0 Å². The molecular formula is C12H13BrO3. The van der Waals surface area contributed by atoms with Crippen molar-refractivity contribution in [3.05, 3.63) is 28.2 Å². The second-order valence-corrected chi connectivity index (χ2v) is 5.00. The molecule has 0 saturated heterocycles. The molecule has 1 N–H and O–H groups in total. The second-order valence-electron chi connectivity index (χ2n) is 4.09. The van der Waals surface area contributed by atoms with E-state index < -0.39 is 11.4 Å². The van der Waals surface area contributed by atoms with Crippen LogP contribution in [-0.2, 0) is 10.2 Å². The number of hydrogen-bond acceptors (Lipinski definition) is 2. The first-order chi connectivity index (χ1) is 7.60. The summed E-state index contributed by atoms with van der Waals surface area (Å²) in [5.74, 6) is -0.101. The van der Waals surface area contributed by atoms with Gasteiger partial charge >= 0.3 is 5.97 Å². The summed E-state index contributed by atoms with van der Waals surface area (Å²) in [5.41, 5.74) is 0.0587. The molecule has 1 saturated carbocycles. The smallest absolute Gasteiger partial charge is 0.314 e. The molecular weight excluding hydrogens is 272 g/mol. The van der Waals surface area contributed by atoms with E-state index in [1.165, 1.54) is 0 Å². The number of carbonyl (C=O) groups is 1. The summed E-state index contributed by atoms with van der Waals surface area (Å²) in [6, 6.07) is 5.52. The van der Waals surface area contributed by atoms with Gasteiger partial charge in [0.05, 0.1) is 12.5 Å². The minimum absolute atomic E-state index is 0.650. The quantitative estimate of drug-likeness (QED) is 0.928. The Morgan fingerprint density at radius 3 is 2.62 bits per heavy atom. The lowest BCUT2D eigenvalue weighted by molar-refractivity contribution is -0.147. The van der Waals surface area contributed by atoms with Crippen LogP contribution >= 0.6 is 15.9 Å². The SMILES string of the molecule is COc1cc(Br)ccc1C1(C(=O)O)CCC1. The number of methoxy groups -OCH3 is 1. The molecule has 1 aliphatic carbocycles. The van der Waals surface area contributed by atoms with Crippen molar-refractivity contribution in [3.63, 3.8) is 0 Å². The first kappa shape index (κ1) is 11.5. The summed E-state index contributed by atoms with van der Waals surface area (Å²) in [4.78, 5) is 11.4. The molecule has 86 valence electrons. The molecule has 4 heteroatoms. The van der Waals surface area contributed by atoms with Gasteiger partial charge in [0.15, 0.2) is 0 Å². The van der Waals surface area contributed by atoms with Crippen molar-refractivity contribution in [2.45, 2.75) is 24.7 Å². The zero-order valence-electron chi connectivity index (χ0n) is 9.00. The van der Waals surface area contributed by atoms with E-state index in [0.717, 1.165) is 16.5 Å². The van der Waals surface area contributed by atoms with E-state index in [2.05, 4.69) is 15.9 Å². The average molecular weight is 285 g/mol. The predicted molar refractivity (Wildman–Crippen MR) is 63.9 cm³/mol. The molecule has 0 unspecified atom stereocenters. The Labute approximate surface area is 103 Å². The first-order valence-corrected chi connectivity index (χ1v) is 5.97. The Morgan fingerprint density at radius 1 is 1.50 bits per heavy atom. The third-order valence-corrected chi connectivity index (χ3v) is 3.79. The summed E-state index contributed by atoms with van der Waals surface area (Å²) in [5, 5.41) is 9.36. The maximum absolute atomic E-state index is 11.4. The van der Waals surface area contributed by atoms with Crippen LogP contribution in [0.25, 0.3) is 0 Å². The van der Waals surface area contributed by atoms with Crippen LogP contribution in [0.3, 0.4) is 0 Å². The number of aliphatic carboxylic acids is 1. The highest BCUT2D eigenvalue weighted by atomic mass is 79.9. The van der Waals surface area contributed by atoms with Crippen molar-refractivity contribution in [2.24, 2.45) is 0 Å². The predicted octanol–water partition coefficient (Wildman–Crippen LogP) is 2.96. The summed E-state index contributed by atoms with van der Waals surface area (Å²) >= 11 is 3.35. The van der Waals surface area contributed by atoms with Crippen LogP contribution in [0.5, 0.6) is 5.75 Å². The molecule has 0 heterocycles. The average Bonchev–Trinajstić information content (AvgIpc) is 2.17. The van der Waals surface area contributed by atoms with Crippen LogP contribution in [0.4, 0.5) is 0 Å². The Hall–Kier alpha value is -1.03. The number of carboxylic acid groups (broad SMARTS) is 1. The summed E-state index contributed by atoms with van der Waals surface area (Å²) in [6.07, 6.45) is 2.35. The molecule has 3 nitrogen and oxygen atoms in total. The van der Waals surface area contributed by atoms with Gasteiger partial charge in [0.1, 0.15) is 5.75 Å². The molecule has 0 aromatic heterocycles. The fourth-order valence-electron chi connectivity index (χ4n) is 2.19. The van der Waals surface area contributed by atoms with Gasteiger partial charge in [-0.1, -0.05) is 28.4 Å². The van der Waals surface area contributed by atoms with Crippen molar-refractivity contribution in [1.29, 1.82) is 0 Å². The minimum Gasteiger partial charge on any atom is -0.496 e. The van der Waals surface area contributed by atoms with Gasteiger partial charge in [0.25, 0.3) is 0 Å². The lowest BCUT2D eigenvalue weighted by atomic mass is 9.64. The van der Waals surface area contributed by atoms with Crippen molar-refractivity contribution < 1.29 is 14.6 Å². The molecule has 0 radical (unpaired) electrons. The van der Waals surface area contributed by atoms with Gasteiger partial charge in [0.2, 0.25) is 0 Å². The summed E-state index contributed by atoms with van der Waals surface area (Å²) in [7, 11) is 1.57. The zero-order chi connectivity index (χ0) is 11.8. The second kappa shape index (κ2) is 4.09. The maximum atomic E-state index is 11.4. The topological polar surface area (TPSA) is 46.5 Å². The van der Waals surface area contributed by atoms with Crippen molar-refractivity contribution >= 4 is 21.9 Å². The number of hydrogen-bond donors (Lipinski definition) is 1. The lowest BCUT2D eigenvalue weighted by Gasteiger charge is -2.38. The van der Waals surface area contributed by atoms with Crippen LogP contribution in [0, 0.1) is 0 Å². The van der Waals surface area contributed by atoms with Gasteiger partial charge in [-0.15, -0.1) is 0 Å². The fraction of sp³-hybridized carbons (Fsp3) is 0.417. The Morgan fingerprint density at radius 2 is 2.19 bits per heavy atom. The van der Waals surface area contributed by atoms with Gasteiger partial charge in [-0.3, -0.25) is 4.79 Å².